The zero-order valence-corrected chi connectivity index (χ0v) is 13.4. The average Bonchev–Trinajstić information content (AvgIpc) is 2.46. The van der Waals surface area contributed by atoms with Crippen LogP contribution >= 0.6 is 0 Å². The van der Waals surface area contributed by atoms with Crippen LogP contribution in [0.5, 0.6) is 0 Å². The molecule has 1 aliphatic heterocycles. The second-order valence-electron chi connectivity index (χ2n) is 6.00. The monoisotopic (exact) mass is 311 g/mol. The summed E-state index contributed by atoms with van der Waals surface area (Å²) in [5.41, 5.74) is -0.491. The van der Waals surface area contributed by atoms with Gasteiger partial charge in [-0.15, -0.1) is 0 Å². The Balaban J connectivity index is 1.89. The molecule has 2 rings (SSSR count). The molecule has 0 unspecified atom stereocenters. The highest BCUT2D eigenvalue weighted by Gasteiger charge is 2.30. The summed E-state index contributed by atoms with van der Waals surface area (Å²) in [5.74, 6) is 0. The van der Waals surface area contributed by atoms with Crippen LogP contribution in [0.2, 0.25) is 0 Å². The standard InChI is InChI=1S/C14H21N3O3S/c1-14(2,3)20-13(18)17-9-5-11(6-10-17)21(19)12-15-7-4-8-16-12/h4,7-8,11H,5-6,9-10H2,1-3H3/t21-/m1/s1. The van der Waals surface area contributed by atoms with Gasteiger partial charge in [-0.3, -0.25) is 4.21 Å². The minimum Gasteiger partial charge on any atom is -0.444 e. The quantitative estimate of drug-likeness (QED) is 0.781. The number of ether oxygens (including phenoxy) is 1. The first-order valence-electron chi connectivity index (χ1n) is 7.02. The van der Waals surface area contributed by atoms with Crippen molar-refractivity contribution in [3.8, 4) is 0 Å². The fourth-order valence-corrected chi connectivity index (χ4v) is 3.38. The molecule has 2 heterocycles. The lowest BCUT2D eigenvalue weighted by Gasteiger charge is -2.32. The first-order chi connectivity index (χ1) is 9.87. The van der Waals surface area contributed by atoms with Crippen molar-refractivity contribution in [2.75, 3.05) is 13.1 Å². The van der Waals surface area contributed by atoms with Crippen molar-refractivity contribution >= 4 is 16.9 Å². The molecule has 6 nitrogen and oxygen atoms in total. The van der Waals surface area contributed by atoms with Gasteiger partial charge in [-0.1, -0.05) is 0 Å². The molecule has 0 spiro atoms. The SMILES string of the molecule is CC(C)(C)OC(=O)N1CCC([S@@](=O)c2ncccn2)CC1. The van der Waals surface area contributed by atoms with Crippen LogP contribution in [0.15, 0.2) is 23.6 Å². The average molecular weight is 311 g/mol. The highest BCUT2D eigenvalue weighted by molar-refractivity contribution is 7.85. The second kappa shape index (κ2) is 6.51. The van der Waals surface area contributed by atoms with Crippen molar-refractivity contribution in [3.05, 3.63) is 18.5 Å². The number of hydrogen-bond donors (Lipinski definition) is 0. The van der Waals surface area contributed by atoms with E-state index in [4.69, 9.17) is 4.74 Å². The van der Waals surface area contributed by atoms with Crippen molar-refractivity contribution in [2.45, 2.75) is 49.6 Å². The van der Waals surface area contributed by atoms with E-state index in [0.717, 1.165) is 0 Å². The molecular weight excluding hydrogens is 290 g/mol. The highest BCUT2D eigenvalue weighted by atomic mass is 32.2. The number of likely N-dealkylation sites (tertiary alicyclic amines) is 1. The van der Waals surface area contributed by atoms with Crippen molar-refractivity contribution in [1.29, 1.82) is 0 Å². The Kier molecular flexibility index (Phi) is 4.92. The predicted molar refractivity (Wildman–Crippen MR) is 79.3 cm³/mol. The van der Waals surface area contributed by atoms with Gasteiger partial charge in [-0.05, 0) is 39.7 Å². The maximum absolute atomic E-state index is 12.4. The molecule has 0 aromatic carbocycles. The molecule has 1 aliphatic rings. The van der Waals surface area contributed by atoms with Gasteiger partial charge in [0.1, 0.15) is 5.60 Å². The first-order valence-corrected chi connectivity index (χ1v) is 8.23. The summed E-state index contributed by atoms with van der Waals surface area (Å²) in [5, 5.41) is 0.360. The lowest BCUT2D eigenvalue weighted by atomic mass is 10.1. The number of carbonyl (C=O) groups is 1. The summed E-state index contributed by atoms with van der Waals surface area (Å²) in [4.78, 5) is 21.7. The number of amides is 1. The molecule has 0 aliphatic carbocycles. The zero-order valence-electron chi connectivity index (χ0n) is 12.6. The fourth-order valence-electron chi connectivity index (χ4n) is 2.12. The summed E-state index contributed by atoms with van der Waals surface area (Å²) < 4.78 is 17.7. The van der Waals surface area contributed by atoms with Gasteiger partial charge in [-0.2, -0.15) is 0 Å². The molecule has 7 heteroatoms. The van der Waals surface area contributed by atoms with Gasteiger partial charge < -0.3 is 9.64 Å². The number of hydrogen-bond acceptors (Lipinski definition) is 5. The summed E-state index contributed by atoms with van der Waals surface area (Å²) in [6.07, 6.45) is 4.23. The molecule has 1 aromatic heterocycles. The van der Waals surface area contributed by atoms with E-state index in [2.05, 4.69) is 9.97 Å². The number of piperidine rings is 1. The topological polar surface area (TPSA) is 72.4 Å². The van der Waals surface area contributed by atoms with E-state index in [9.17, 15) is 9.00 Å². The molecule has 21 heavy (non-hydrogen) atoms. The Morgan fingerprint density at radius 3 is 2.38 bits per heavy atom. The van der Waals surface area contributed by atoms with E-state index >= 15 is 0 Å². The maximum Gasteiger partial charge on any atom is 0.410 e. The van der Waals surface area contributed by atoms with Crippen LogP contribution in [0.4, 0.5) is 4.79 Å². The first kappa shape index (κ1) is 15.9. The lowest BCUT2D eigenvalue weighted by Crippen LogP contribution is -2.43. The second-order valence-corrected chi connectivity index (χ2v) is 7.62. The molecule has 1 saturated heterocycles. The van der Waals surface area contributed by atoms with Crippen LogP contribution in [-0.4, -0.2) is 49.1 Å². The molecule has 1 amide bonds. The molecule has 1 atom stereocenters. The van der Waals surface area contributed by atoms with E-state index in [1.807, 2.05) is 20.8 Å². The molecule has 1 aromatic rings. The maximum atomic E-state index is 12.4. The predicted octanol–water partition coefficient (Wildman–Crippen LogP) is 1.98. The third kappa shape index (κ3) is 4.49. The molecule has 0 bridgehead atoms. The zero-order chi connectivity index (χ0) is 15.5. The minimum absolute atomic E-state index is 0.00825. The molecule has 0 N–H and O–H groups in total. The number of carbonyl (C=O) groups excluding carboxylic acids is 1. The van der Waals surface area contributed by atoms with Crippen LogP contribution in [-0.2, 0) is 15.5 Å². The minimum atomic E-state index is -1.22. The van der Waals surface area contributed by atoms with E-state index in [1.165, 1.54) is 0 Å². The summed E-state index contributed by atoms with van der Waals surface area (Å²) in [7, 11) is -1.22. The van der Waals surface area contributed by atoms with Gasteiger partial charge in [-0.25, -0.2) is 14.8 Å². The summed E-state index contributed by atoms with van der Waals surface area (Å²) >= 11 is 0. The van der Waals surface area contributed by atoms with Crippen LogP contribution in [0.3, 0.4) is 0 Å². The van der Waals surface area contributed by atoms with Crippen molar-refractivity contribution < 1.29 is 13.7 Å². The van der Waals surface area contributed by atoms with Crippen LogP contribution < -0.4 is 0 Å². The van der Waals surface area contributed by atoms with Gasteiger partial charge >= 0.3 is 6.09 Å². The van der Waals surface area contributed by atoms with Gasteiger partial charge in [0.15, 0.2) is 0 Å². The normalized spacial score (nSPS) is 18.3. The Bertz CT molecular complexity index is 508. The van der Waals surface area contributed by atoms with E-state index in [1.54, 1.807) is 23.4 Å². The van der Waals surface area contributed by atoms with Crippen molar-refractivity contribution in [3.63, 3.8) is 0 Å². The van der Waals surface area contributed by atoms with Crippen LogP contribution in [0, 0.1) is 0 Å². The molecule has 0 radical (unpaired) electrons. The molecule has 0 saturated carbocycles. The smallest absolute Gasteiger partial charge is 0.410 e. The Labute approximate surface area is 127 Å². The van der Waals surface area contributed by atoms with Crippen molar-refractivity contribution in [2.24, 2.45) is 0 Å². The number of aromatic nitrogens is 2. The summed E-state index contributed by atoms with van der Waals surface area (Å²) in [6.45, 7) is 6.65. The third-order valence-electron chi connectivity index (χ3n) is 3.12. The van der Waals surface area contributed by atoms with Gasteiger partial charge in [0.2, 0.25) is 5.16 Å². The van der Waals surface area contributed by atoms with E-state index < -0.39 is 16.4 Å². The van der Waals surface area contributed by atoms with Gasteiger partial charge in [0.05, 0.1) is 10.8 Å². The van der Waals surface area contributed by atoms with Gasteiger partial charge in [0, 0.05) is 30.7 Å². The third-order valence-corrected chi connectivity index (χ3v) is 4.77. The Morgan fingerprint density at radius 1 is 1.29 bits per heavy atom. The van der Waals surface area contributed by atoms with E-state index in [-0.39, 0.29) is 11.3 Å². The van der Waals surface area contributed by atoms with Crippen LogP contribution in [0.1, 0.15) is 33.6 Å². The number of rotatable bonds is 2. The van der Waals surface area contributed by atoms with E-state index in [0.29, 0.717) is 31.1 Å². The largest absolute Gasteiger partial charge is 0.444 e. The molecule has 1 fully saturated rings. The molecular formula is C14H21N3O3S. The number of nitrogens with zero attached hydrogens (tertiary/aromatic N) is 3. The Morgan fingerprint density at radius 2 is 1.86 bits per heavy atom. The fraction of sp³-hybridized carbons (Fsp3) is 0.643. The summed E-state index contributed by atoms with van der Waals surface area (Å²) in [6, 6.07) is 1.70. The van der Waals surface area contributed by atoms with Crippen LogP contribution in [0.25, 0.3) is 0 Å². The molecule has 116 valence electrons. The van der Waals surface area contributed by atoms with Crippen molar-refractivity contribution in [1.82, 2.24) is 14.9 Å². The highest BCUT2D eigenvalue weighted by Crippen LogP contribution is 2.20. The van der Waals surface area contributed by atoms with Gasteiger partial charge in [0.25, 0.3) is 0 Å². The Hall–Kier alpha value is -1.50. The lowest BCUT2D eigenvalue weighted by molar-refractivity contribution is 0.0218.